The average Bonchev–Trinajstić information content (AvgIpc) is 2.68. The number of fused-ring (bicyclic) bond motifs is 1. The molecule has 64 valence electrons. The minimum absolute atomic E-state index is 0.0162. The van der Waals surface area contributed by atoms with Gasteiger partial charge in [0.25, 0.3) is 0 Å². The first-order valence-corrected chi connectivity index (χ1v) is 4.46. The van der Waals surface area contributed by atoms with E-state index in [-0.39, 0.29) is 11.3 Å². The van der Waals surface area contributed by atoms with Crippen LogP contribution >= 0.6 is 0 Å². The van der Waals surface area contributed by atoms with Crippen LogP contribution in [0.5, 0.6) is 0 Å². The number of rotatable bonds is 1. The van der Waals surface area contributed by atoms with Crippen LogP contribution in [0, 0.1) is 17.3 Å². The minimum Gasteiger partial charge on any atom is -0.390 e. The fourth-order valence-electron chi connectivity index (χ4n) is 2.77. The van der Waals surface area contributed by atoms with Gasteiger partial charge in [0.1, 0.15) is 0 Å². The molecule has 0 amide bonds. The molecule has 2 aliphatic rings. The summed E-state index contributed by atoms with van der Waals surface area (Å²) in [6.07, 6.45) is 2.23. The van der Waals surface area contributed by atoms with Gasteiger partial charge in [-0.15, -0.1) is 0 Å². The summed E-state index contributed by atoms with van der Waals surface area (Å²) in [5.41, 5.74) is -1.25. The third kappa shape index (κ3) is 0.807. The van der Waals surface area contributed by atoms with Crippen LogP contribution in [-0.4, -0.2) is 10.7 Å². The Hall–Kier alpha value is -0.0400. The predicted octanol–water partition coefficient (Wildman–Crippen LogP) is 2.19. The molecule has 0 aromatic rings. The summed E-state index contributed by atoms with van der Waals surface area (Å²) in [4.78, 5) is 0. The standard InChI is InChI=1S/C10H18O/c1-7(2)10-5-4-9(3,11)8(10)6-10/h7-8,11H,4-6H2,1-3H3/i3D3. The lowest BCUT2D eigenvalue weighted by Crippen LogP contribution is -2.23. The highest BCUT2D eigenvalue weighted by Crippen LogP contribution is 2.70. The van der Waals surface area contributed by atoms with Crippen LogP contribution in [0.2, 0.25) is 0 Å². The topological polar surface area (TPSA) is 20.2 Å². The molecule has 1 N–H and O–H groups in total. The van der Waals surface area contributed by atoms with Gasteiger partial charge in [-0.05, 0) is 43.4 Å². The van der Waals surface area contributed by atoms with E-state index in [2.05, 4.69) is 13.8 Å². The van der Waals surface area contributed by atoms with Crippen molar-refractivity contribution in [2.45, 2.75) is 45.6 Å². The molecule has 3 unspecified atom stereocenters. The van der Waals surface area contributed by atoms with Crippen molar-refractivity contribution in [3.8, 4) is 0 Å². The maximum absolute atomic E-state index is 10.2. The van der Waals surface area contributed by atoms with Gasteiger partial charge in [0.15, 0.2) is 0 Å². The lowest BCUT2D eigenvalue weighted by molar-refractivity contribution is 0.0426. The molecular weight excluding hydrogens is 136 g/mol. The van der Waals surface area contributed by atoms with E-state index >= 15 is 0 Å². The highest BCUT2D eigenvalue weighted by Gasteiger charge is 2.67. The van der Waals surface area contributed by atoms with Crippen molar-refractivity contribution >= 4 is 0 Å². The van der Waals surface area contributed by atoms with E-state index in [0.717, 1.165) is 12.8 Å². The zero-order chi connectivity index (χ0) is 10.8. The first-order valence-electron chi connectivity index (χ1n) is 5.96. The molecule has 1 nitrogen and oxygen atoms in total. The van der Waals surface area contributed by atoms with Crippen molar-refractivity contribution in [2.24, 2.45) is 17.3 Å². The molecule has 0 aromatic carbocycles. The number of aliphatic hydroxyl groups is 1. The Kier molecular flexibility index (Phi) is 0.804. The Balaban J connectivity index is 2.23. The van der Waals surface area contributed by atoms with Crippen LogP contribution in [-0.2, 0) is 0 Å². The zero-order valence-electron chi connectivity index (χ0n) is 10.2. The Labute approximate surface area is 73.0 Å². The molecule has 3 atom stereocenters. The van der Waals surface area contributed by atoms with Crippen molar-refractivity contribution in [1.29, 1.82) is 0 Å². The van der Waals surface area contributed by atoms with Crippen LogP contribution in [0.4, 0.5) is 0 Å². The second kappa shape index (κ2) is 1.82. The van der Waals surface area contributed by atoms with Crippen molar-refractivity contribution < 1.29 is 9.22 Å². The molecule has 0 aliphatic heterocycles. The Bertz CT molecular complexity index is 261. The van der Waals surface area contributed by atoms with E-state index in [9.17, 15) is 5.11 Å². The molecule has 0 spiro atoms. The molecule has 0 radical (unpaired) electrons. The third-order valence-electron chi connectivity index (χ3n) is 3.82. The van der Waals surface area contributed by atoms with Gasteiger partial charge in [0.2, 0.25) is 0 Å². The lowest BCUT2D eigenvalue weighted by Gasteiger charge is -2.17. The zero-order valence-corrected chi connectivity index (χ0v) is 7.22. The summed E-state index contributed by atoms with van der Waals surface area (Å²) in [6.45, 7) is 2.06. The Morgan fingerprint density at radius 3 is 2.55 bits per heavy atom. The summed E-state index contributed by atoms with van der Waals surface area (Å²) in [5.74, 6) is 0.506. The van der Waals surface area contributed by atoms with Crippen LogP contribution < -0.4 is 0 Å². The van der Waals surface area contributed by atoms with E-state index in [0.29, 0.717) is 12.3 Å². The van der Waals surface area contributed by atoms with Crippen molar-refractivity contribution in [2.75, 3.05) is 0 Å². The monoisotopic (exact) mass is 157 g/mol. The summed E-state index contributed by atoms with van der Waals surface area (Å²) >= 11 is 0. The average molecular weight is 157 g/mol. The predicted molar refractivity (Wildman–Crippen MR) is 45.2 cm³/mol. The second-order valence-corrected chi connectivity index (χ2v) is 4.57. The van der Waals surface area contributed by atoms with Gasteiger partial charge in [-0.3, -0.25) is 0 Å². The third-order valence-corrected chi connectivity index (χ3v) is 3.82. The lowest BCUT2D eigenvalue weighted by atomic mass is 9.90. The Morgan fingerprint density at radius 2 is 2.27 bits per heavy atom. The van der Waals surface area contributed by atoms with Crippen LogP contribution in [0.15, 0.2) is 0 Å². The van der Waals surface area contributed by atoms with E-state index in [4.69, 9.17) is 4.11 Å². The molecule has 2 saturated carbocycles. The molecular formula is C10H18O. The fraction of sp³-hybridized carbons (Fsp3) is 1.00. The molecule has 11 heavy (non-hydrogen) atoms. The molecule has 2 fully saturated rings. The summed E-state index contributed by atoms with van der Waals surface area (Å²) in [6, 6.07) is 0. The van der Waals surface area contributed by atoms with E-state index in [1.54, 1.807) is 0 Å². The summed E-state index contributed by atoms with van der Waals surface area (Å²) in [7, 11) is 0. The molecule has 0 saturated heterocycles. The highest BCUT2D eigenvalue weighted by atomic mass is 16.3. The van der Waals surface area contributed by atoms with Crippen LogP contribution in [0.25, 0.3) is 0 Å². The smallest absolute Gasteiger partial charge is 0.0653 e. The van der Waals surface area contributed by atoms with Gasteiger partial charge in [-0.1, -0.05) is 13.8 Å². The van der Waals surface area contributed by atoms with Crippen LogP contribution in [0.1, 0.15) is 44.1 Å². The number of hydrogen-bond acceptors (Lipinski definition) is 1. The first kappa shape index (κ1) is 4.86. The van der Waals surface area contributed by atoms with E-state index < -0.39 is 12.5 Å². The maximum atomic E-state index is 10.2. The largest absolute Gasteiger partial charge is 0.390 e. The SMILES string of the molecule is [2H]C([2H])([2H])C1(O)CCC2(C(C)C)CC21. The quantitative estimate of drug-likeness (QED) is 0.618. The van der Waals surface area contributed by atoms with E-state index in [1.807, 2.05) is 0 Å². The van der Waals surface area contributed by atoms with Gasteiger partial charge in [-0.2, -0.15) is 0 Å². The molecule has 0 bridgehead atoms. The second-order valence-electron chi connectivity index (χ2n) is 4.57. The first-order chi connectivity index (χ1) is 6.24. The molecule has 2 aliphatic carbocycles. The Morgan fingerprint density at radius 1 is 1.55 bits per heavy atom. The fourth-order valence-corrected chi connectivity index (χ4v) is 2.77. The van der Waals surface area contributed by atoms with Gasteiger partial charge in [0.05, 0.1) is 5.60 Å². The highest BCUT2D eigenvalue weighted by molar-refractivity contribution is 5.16. The van der Waals surface area contributed by atoms with Crippen molar-refractivity contribution in [3.63, 3.8) is 0 Å². The van der Waals surface area contributed by atoms with Crippen LogP contribution in [0.3, 0.4) is 0 Å². The molecule has 0 heterocycles. The molecule has 2 rings (SSSR count). The van der Waals surface area contributed by atoms with Gasteiger partial charge in [0, 0.05) is 4.11 Å². The molecule has 1 heteroatoms. The maximum Gasteiger partial charge on any atom is 0.0653 e. The summed E-state index contributed by atoms with van der Waals surface area (Å²) in [5, 5.41) is 10.2. The molecule has 0 aromatic heterocycles. The number of hydrogen-bond donors (Lipinski definition) is 1. The van der Waals surface area contributed by atoms with Crippen molar-refractivity contribution in [1.82, 2.24) is 0 Å². The van der Waals surface area contributed by atoms with E-state index in [1.165, 1.54) is 0 Å². The van der Waals surface area contributed by atoms with Crippen molar-refractivity contribution in [3.05, 3.63) is 0 Å². The normalized spacial score (nSPS) is 60.0. The van der Waals surface area contributed by atoms with Gasteiger partial charge in [-0.25, -0.2) is 0 Å². The minimum atomic E-state index is -2.20. The van der Waals surface area contributed by atoms with Gasteiger partial charge >= 0.3 is 0 Å². The summed E-state index contributed by atoms with van der Waals surface area (Å²) < 4.78 is 22.2. The van der Waals surface area contributed by atoms with Gasteiger partial charge < -0.3 is 5.11 Å².